The summed E-state index contributed by atoms with van der Waals surface area (Å²) < 4.78 is 0. The summed E-state index contributed by atoms with van der Waals surface area (Å²) in [7, 11) is 0. The van der Waals surface area contributed by atoms with Crippen LogP contribution < -0.4 is 10.2 Å². The van der Waals surface area contributed by atoms with E-state index in [1.807, 2.05) is 13.0 Å². The fraction of sp³-hybridized carbons (Fsp3) is 0.105. The van der Waals surface area contributed by atoms with Gasteiger partial charge in [-0.15, -0.1) is 0 Å². The van der Waals surface area contributed by atoms with E-state index in [4.69, 9.17) is 11.6 Å². The van der Waals surface area contributed by atoms with E-state index in [0.717, 1.165) is 16.0 Å². The minimum Gasteiger partial charge on any atom is -0.506 e. The smallest absolute Gasteiger partial charge is 0.335 e. The molecule has 26 heavy (non-hydrogen) atoms. The molecule has 6 nitrogen and oxygen atoms in total. The highest BCUT2D eigenvalue weighted by Gasteiger charge is 2.37. The molecule has 1 aliphatic rings. The second-order valence-electron chi connectivity index (χ2n) is 5.96. The van der Waals surface area contributed by atoms with E-state index in [0.29, 0.717) is 11.3 Å². The van der Waals surface area contributed by atoms with Crippen LogP contribution >= 0.6 is 11.6 Å². The van der Waals surface area contributed by atoms with Crippen molar-refractivity contribution >= 4 is 41.2 Å². The number of barbiturate groups is 1. The lowest BCUT2D eigenvalue weighted by Crippen LogP contribution is -2.54. The SMILES string of the molecule is Cc1ccc(N2C(=O)NC(=O)C(=Cc3ccc(O)c(Cl)c3)C2=O)c(C)c1. The number of rotatable bonds is 2. The molecule has 3 rings (SSSR count). The Labute approximate surface area is 154 Å². The van der Waals surface area contributed by atoms with Gasteiger partial charge in [0.15, 0.2) is 0 Å². The van der Waals surface area contributed by atoms with Crippen LogP contribution in [0.4, 0.5) is 10.5 Å². The Morgan fingerprint density at radius 2 is 1.81 bits per heavy atom. The van der Waals surface area contributed by atoms with Gasteiger partial charge in [0.25, 0.3) is 11.8 Å². The minimum absolute atomic E-state index is 0.0883. The standard InChI is InChI=1S/C19H15ClN2O4/c1-10-3-5-15(11(2)7-10)22-18(25)13(17(24)21-19(22)26)8-12-4-6-16(23)14(20)9-12/h3-9,23H,1-2H3,(H,21,24,26). The summed E-state index contributed by atoms with van der Waals surface area (Å²) in [5.41, 5.74) is 2.37. The summed E-state index contributed by atoms with van der Waals surface area (Å²) in [6.07, 6.45) is 1.33. The molecule has 2 N–H and O–H groups in total. The number of nitrogens with zero attached hydrogens (tertiary/aromatic N) is 1. The number of phenolic OH excluding ortho intramolecular Hbond substituents is 1. The molecule has 1 fully saturated rings. The monoisotopic (exact) mass is 370 g/mol. The molecule has 0 aliphatic carbocycles. The molecule has 7 heteroatoms. The molecule has 0 aromatic heterocycles. The zero-order chi connectivity index (χ0) is 19.0. The maximum Gasteiger partial charge on any atom is 0.335 e. The number of hydrogen-bond donors (Lipinski definition) is 2. The van der Waals surface area contributed by atoms with Crippen LogP contribution in [0.5, 0.6) is 5.75 Å². The van der Waals surface area contributed by atoms with Gasteiger partial charge in [-0.2, -0.15) is 0 Å². The quantitative estimate of drug-likeness (QED) is 0.627. The Hall–Kier alpha value is -3.12. The Morgan fingerprint density at radius 1 is 1.08 bits per heavy atom. The number of carbonyl (C=O) groups is 3. The van der Waals surface area contributed by atoms with Gasteiger partial charge in [0.05, 0.1) is 10.7 Å². The van der Waals surface area contributed by atoms with Crippen LogP contribution in [0.1, 0.15) is 16.7 Å². The lowest BCUT2D eigenvalue weighted by atomic mass is 10.0. The number of nitrogens with one attached hydrogen (secondary N) is 1. The third kappa shape index (κ3) is 3.19. The van der Waals surface area contributed by atoms with Gasteiger partial charge in [-0.3, -0.25) is 14.9 Å². The van der Waals surface area contributed by atoms with Crippen LogP contribution in [0.15, 0.2) is 42.0 Å². The highest BCUT2D eigenvalue weighted by atomic mass is 35.5. The predicted octanol–water partition coefficient (Wildman–Crippen LogP) is 3.33. The molecular formula is C19H15ClN2O4. The molecule has 1 saturated heterocycles. The molecule has 0 radical (unpaired) electrons. The lowest BCUT2D eigenvalue weighted by molar-refractivity contribution is -0.122. The zero-order valence-electron chi connectivity index (χ0n) is 14.0. The minimum atomic E-state index is -0.798. The first-order chi connectivity index (χ1) is 12.3. The van der Waals surface area contributed by atoms with Crippen molar-refractivity contribution in [3.05, 3.63) is 63.7 Å². The van der Waals surface area contributed by atoms with Crippen LogP contribution in [-0.4, -0.2) is 23.0 Å². The predicted molar refractivity (Wildman–Crippen MR) is 98.0 cm³/mol. The molecule has 0 spiro atoms. The summed E-state index contributed by atoms with van der Waals surface area (Å²) in [5.74, 6) is -1.62. The first kappa shape index (κ1) is 17.7. The van der Waals surface area contributed by atoms with E-state index in [1.54, 1.807) is 19.1 Å². The Bertz CT molecular complexity index is 981. The number of imide groups is 2. The van der Waals surface area contributed by atoms with Crippen molar-refractivity contribution in [2.75, 3.05) is 4.90 Å². The number of amides is 4. The molecule has 2 aromatic carbocycles. The number of carbonyl (C=O) groups excluding carboxylic acids is 3. The average molecular weight is 371 g/mol. The van der Waals surface area contributed by atoms with Crippen molar-refractivity contribution in [3.8, 4) is 5.75 Å². The first-order valence-electron chi connectivity index (χ1n) is 7.75. The van der Waals surface area contributed by atoms with Crippen molar-refractivity contribution < 1.29 is 19.5 Å². The average Bonchev–Trinajstić information content (AvgIpc) is 2.56. The van der Waals surface area contributed by atoms with Crippen molar-refractivity contribution in [3.63, 3.8) is 0 Å². The van der Waals surface area contributed by atoms with Gasteiger partial charge in [-0.05, 0) is 49.2 Å². The fourth-order valence-corrected chi connectivity index (χ4v) is 2.90. The fourth-order valence-electron chi connectivity index (χ4n) is 2.71. The summed E-state index contributed by atoms with van der Waals surface area (Å²) in [4.78, 5) is 38.2. The topological polar surface area (TPSA) is 86.7 Å². The van der Waals surface area contributed by atoms with Crippen LogP contribution in [0.3, 0.4) is 0 Å². The van der Waals surface area contributed by atoms with E-state index < -0.39 is 17.8 Å². The number of hydrogen-bond acceptors (Lipinski definition) is 4. The maximum atomic E-state index is 12.8. The third-order valence-electron chi connectivity index (χ3n) is 3.98. The van der Waals surface area contributed by atoms with Gasteiger partial charge in [-0.25, -0.2) is 9.69 Å². The molecule has 1 aliphatic heterocycles. The van der Waals surface area contributed by atoms with Crippen LogP contribution in [0, 0.1) is 13.8 Å². The summed E-state index contributed by atoms with van der Waals surface area (Å²) >= 11 is 5.86. The van der Waals surface area contributed by atoms with Gasteiger partial charge < -0.3 is 5.11 Å². The Balaban J connectivity index is 2.05. The largest absolute Gasteiger partial charge is 0.506 e. The van der Waals surface area contributed by atoms with Gasteiger partial charge in [0.2, 0.25) is 0 Å². The normalized spacial score (nSPS) is 16.2. The number of urea groups is 1. The molecule has 0 unspecified atom stereocenters. The van der Waals surface area contributed by atoms with Crippen molar-refractivity contribution in [2.24, 2.45) is 0 Å². The third-order valence-corrected chi connectivity index (χ3v) is 4.28. The van der Waals surface area contributed by atoms with E-state index in [9.17, 15) is 19.5 Å². The Kier molecular flexibility index (Phi) is 4.52. The molecule has 4 amide bonds. The first-order valence-corrected chi connectivity index (χ1v) is 8.13. The van der Waals surface area contributed by atoms with E-state index >= 15 is 0 Å². The molecular weight excluding hydrogens is 356 g/mol. The van der Waals surface area contributed by atoms with Crippen molar-refractivity contribution in [1.82, 2.24) is 5.32 Å². The van der Waals surface area contributed by atoms with E-state index in [-0.39, 0.29) is 16.3 Å². The summed E-state index contributed by atoms with van der Waals surface area (Å²) in [6, 6.07) is 8.76. The number of halogens is 1. The second-order valence-corrected chi connectivity index (χ2v) is 6.37. The van der Waals surface area contributed by atoms with E-state index in [2.05, 4.69) is 5.32 Å². The molecule has 0 bridgehead atoms. The van der Waals surface area contributed by atoms with Gasteiger partial charge in [0.1, 0.15) is 11.3 Å². The van der Waals surface area contributed by atoms with Gasteiger partial charge in [-0.1, -0.05) is 35.4 Å². The molecule has 1 heterocycles. The molecule has 0 atom stereocenters. The number of aromatic hydroxyl groups is 1. The number of phenols is 1. The molecule has 132 valence electrons. The van der Waals surface area contributed by atoms with Crippen molar-refractivity contribution in [1.29, 1.82) is 0 Å². The maximum absolute atomic E-state index is 12.8. The van der Waals surface area contributed by atoms with Gasteiger partial charge in [0, 0.05) is 0 Å². The number of anilines is 1. The number of benzene rings is 2. The molecule has 0 saturated carbocycles. The summed E-state index contributed by atoms with van der Waals surface area (Å²) in [6.45, 7) is 3.68. The van der Waals surface area contributed by atoms with Gasteiger partial charge >= 0.3 is 6.03 Å². The number of aryl methyl sites for hydroxylation is 2. The second kappa shape index (κ2) is 6.65. The molecule has 2 aromatic rings. The van der Waals surface area contributed by atoms with Crippen molar-refractivity contribution in [2.45, 2.75) is 13.8 Å². The van der Waals surface area contributed by atoms with Crippen LogP contribution in [0.2, 0.25) is 5.02 Å². The zero-order valence-corrected chi connectivity index (χ0v) is 14.8. The Morgan fingerprint density at radius 3 is 2.46 bits per heavy atom. The highest BCUT2D eigenvalue weighted by molar-refractivity contribution is 6.39. The van der Waals surface area contributed by atoms with Crippen LogP contribution in [0.25, 0.3) is 6.08 Å². The van der Waals surface area contributed by atoms with E-state index in [1.165, 1.54) is 24.3 Å². The van der Waals surface area contributed by atoms with Crippen LogP contribution in [-0.2, 0) is 9.59 Å². The lowest BCUT2D eigenvalue weighted by Gasteiger charge is -2.27. The summed E-state index contributed by atoms with van der Waals surface area (Å²) in [5, 5.41) is 11.7. The highest BCUT2D eigenvalue weighted by Crippen LogP contribution is 2.28.